The highest BCUT2D eigenvalue weighted by Crippen LogP contribution is 2.18. The fourth-order valence-electron chi connectivity index (χ4n) is 4.81. The molecule has 0 unspecified atom stereocenters. The van der Waals surface area contributed by atoms with E-state index in [0.717, 1.165) is 56.0 Å². The van der Waals surface area contributed by atoms with Crippen LogP contribution in [0.4, 0.5) is 0 Å². The van der Waals surface area contributed by atoms with Crippen molar-refractivity contribution >= 4 is 0 Å². The first-order valence-electron chi connectivity index (χ1n) is 12.9. The first kappa shape index (κ1) is 26.5. The lowest BCUT2D eigenvalue weighted by Gasteiger charge is -2.28. The molecule has 192 valence electrons. The van der Waals surface area contributed by atoms with Gasteiger partial charge in [0.25, 0.3) is 0 Å². The summed E-state index contributed by atoms with van der Waals surface area (Å²) in [6.07, 6.45) is -1.67. The number of aliphatic hydroxyl groups is 3. The summed E-state index contributed by atoms with van der Waals surface area (Å²) in [5.41, 5.74) is 2.76. The van der Waals surface area contributed by atoms with Crippen LogP contribution < -0.4 is 0 Å². The number of β-amino-alcohol motifs (C(OH)–C–C–N with tert-alkyl or cyclic N) is 3. The number of rotatable bonds is 9. The maximum atomic E-state index is 10.9. The van der Waals surface area contributed by atoms with Gasteiger partial charge in [-0.25, -0.2) is 0 Å². The molecule has 3 N–H and O–H groups in total. The fraction of sp³-hybridized carbons (Fsp3) is 0.400. The number of hydrogen-bond donors (Lipinski definition) is 3. The van der Waals surface area contributed by atoms with Gasteiger partial charge < -0.3 is 15.3 Å². The molecule has 1 fully saturated rings. The van der Waals surface area contributed by atoms with Gasteiger partial charge >= 0.3 is 0 Å². The first-order chi connectivity index (χ1) is 17.6. The molecule has 1 saturated heterocycles. The second kappa shape index (κ2) is 13.7. The normalized spacial score (nSPS) is 19.1. The van der Waals surface area contributed by atoms with Gasteiger partial charge in [0.15, 0.2) is 0 Å². The van der Waals surface area contributed by atoms with E-state index in [1.807, 2.05) is 91.0 Å². The number of hydrogen-bond acceptors (Lipinski definition) is 6. The Hall–Kier alpha value is -2.58. The van der Waals surface area contributed by atoms with E-state index in [0.29, 0.717) is 19.6 Å². The molecule has 0 saturated carbocycles. The van der Waals surface area contributed by atoms with Gasteiger partial charge in [0, 0.05) is 58.9 Å². The van der Waals surface area contributed by atoms with Crippen molar-refractivity contribution in [2.24, 2.45) is 0 Å². The van der Waals surface area contributed by atoms with Gasteiger partial charge in [-0.2, -0.15) is 0 Å². The predicted molar refractivity (Wildman–Crippen MR) is 144 cm³/mol. The molecule has 6 nitrogen and oxygen atoms in total. The molecule has 3 atom stereocenters. The highest BCUT2D eigenvalue weighted by Gasteiger charge is 2.22. The molecule has 0 spiro atoms. The third-order valence-corrected chi connectivity index (χ3v) is 7.04. The summed E-state index contributed by atoms with van der Waals surface area (Å²) >= 11 is 0. The van der Waals surface area contributed by atoms with E-state index < -0.39 is 18.3 Å². The highest BCUT2D eigenvalue weighted by atomic mass is 16.3. The summed E-state index contributed by atoms with van der Waals surface area (Å²) < 4.78 is 0. The van der Waals surface area contributed by atoms with Gasteiger partial charge in [-0.15, -0.1) is 0 Å². The van der Waals surface area contributed by atoms with Crippen LogP contribution in [-0.2, 0) is 0 Å². The van der Waals surface area contributed by atoms with E-state index in [1.54, 1.807) is 0 Å². The summed E-state index contributed by atoms with van der Waals surface area (Å²) in [4.78, 5) is 6.90. The average Bonchev–Trinajstić information content (AvgIpc) is 3.01. The zero-order chi connectivity index (χ0) is 25.2. The van der Waals surface area contributed by atoms with Crippen LogP contribution in [0.2, 0.25) is 0 Å². The second-order valence-corrected chi connectivity index (χ2v) is 9.68. The fourth-order valence-corrected chi connectivity index (χ4v) is 4.81. The van der Waals surface area contributed by atoms with Crippen LogP contribution in [0.15, 0.2) is 91.0 Å². The van der Waals surface area contributed by atoms with Gasteiger partial charge in [0.05, 0.1) is 18.3 Å². The smallest absolute Gasteiger partial charge is 0.0916 e. The number of nitrogens with zero attached hydrogens (tertiary/aromatic N) is 3. The van der Waals surface area contributed by atoms with Gasteiger partial charge in [0.1, 0.15) is 0 Å². The number of aliphatic hydroxyl groups excluding tert-OH is 3. The molecular formula is C30H39N3O3. The summed E-state index contributed by atoms with van der Waals surface area (Å²) in [7, 11) is 0. The van der Waals surface area contributed by atoms with Crippen molar-refractivity contribution in [3.8, 4) is 0 Å². The molecule has 1 aliphatic rings. The predicted octanol–water partition coefficient (Wildman–Crippen LogP) is 3.11. The molecule has 3 aromatic rings. The zero-order valence-corrected chi connectivity index (χ0v) is 20.9. The maximum absolute atomic E-state index is 10.9. The van der Waals surface area contributed by atoms with Crippen LogP contribution in [-0.4, -0.2) is 88.9 Å². The Bertz CT molecular complexity index is 862. The monoisotopic (exact) mass is 489 g/mol. The molecule has 0 aromatic heterocycles. The zero-order valence-electron chi connectivity index (χ0n) is 20.9. The van der Waals surface area contributed by atoms with E-state index in [9.17, 15) is 15.3 Å². The van der Waals surface area contributed by atoms with Crippen LogP contribution >= 0.6 is 0 Å². The molecule has 0 bridgehead atoms. The molecular weight excluding hydrogens is 450 g/mol. The quantitative estimate of drug-likeness (QED) is 0.429. The largest absolute Gasteiger partial charge is 0.387 e. The summed E-state index contributed by atoms with van der Waals surface area (Å²) in [6.45, 7) is 6.49. The molecule has 0 amide bonds. The Morgan fingerprint density at radius 2 is 0.639 bits per heavy atom. The van der Waals surface area contributed by atoms with Crippen molar-refractivity contribution in [2.75, 3.05) is 58.9 Å². The third kappa shape index (κ3) is 7.96. The maximum Gasteiger partial charge on any atom is 0.0916 e. The Balaban J connectivity index is 1.44. The van der Waals surface area contributed by atoms with Crippen molar-refractivity contribution in [3.05, 3.63) is 108 Å². The Morgan fingerprint density at radius 1 is 0.417 bits per heavy atom. The van der Waals surface area contributed by atoms with E-state index in [-0.39, 0.29) is 0 Å². The lowest BCUT2D eigenvalue weighted by Crippen LogP contribution is -2.39. The van der Waals surface area contributed by atoms with Crippen LogP contribution in [0.1, 0.15) is 35.0 Å². The van der Waals surface area contributed by atoms with Gasteiger partial charge in [-0.05, 0) is 16.7 Å². The topological polar surface area (TPSA) is 70.4 Å². The van der Waals surface area contributed by atoms with Crippen LogP contribution in [0.5, 0.6) is 0 Å². The van der Waals surface area contributed by atoms with Crippen LogP contribution in [0.25, 0.3) is 0 Å². The first-order valence-corrected chi connectivity index (χ1v) is 12.9. The van der Waals surface area contributed by atoms with Crippen molar-refractivity contribution in [2.45, 2.75) is 18.3 Å². The Morgan fingerprint density at radius 3 is 0.861 bits per heavy atom. The number of benzene rings is 3. The van der Waals surface area contributed by atoms with Crippen molar-refractivity contribution in [3.63, 3.8) is 0 Å². The van der Waals surface area contributed by atoms with Crippen molar-refractivity contribution in [1.29, 1.82) is 0 Å². The summed E-state index contributed by atoms with van der Waals surface area (Å²) in [5, 5.41) is 32.6. The minimum absolute atomic E-state index is 0.550. The molecule has 3 aromatic carbocycles. The molecule has 1 heterocycles. The van der Waals surface area contributed by atoms with Gasteiger partial charge in [-0.1, -0.05) is 91.0 Å². The minimum atomic E-state index is -0.557. The van der Waals surface area contributed by atoms with E-state index in [4.69, 9.17) is 0 Å². The molecule has 6 heteroatoms. The van der Waals surface area contributed by atoms with E-state index in [2.05, 4.69) is 14.7 Å². The average molecular weight is 490 g/mol. The minimum Gasteiger partial charge on any atom is -0.387 e. The lowest BCUT2D eigenvalue weighted by atomic mass is 10.1. The third-order valence-electron chi connectivity index (χ3n) is 7.04. The molecule has 4 rings (SSSR count). The van der Waals surface area contributed by atoms with Crippen LogP contribution in [0.3, 0.4) is 0 Å². The Kier molecular flexibility index (Phi) is 10.0. The van der Waals surface area contributed by atoms with Crippen molar-refractivity contribution < 1.29 is 15.3 Å². The molecule has 1 aliphatic heterocycles. The van der Waals surface area contributed by atoms with Crippen molar-refractivity contribution in [1.82, 2.24) is 14.7 Å². The highest BCUT2D eigenvalue weighted by molar-refractivity contribution is 5.19. The van der Waals surface area contributed by atoms with E-state index >= 15 is 0 Å². The molecule has 36 heavy (non-hydrogen) atoms. The van der Waals surface area contributed by atoms with Gasteiger partial charge in [-0.3, -0.25) is 14.7 Å². The van der Waals surface area contributed by atoms with Crippen LogP contribution in [0, 0.1) is 0 Å². The molecule has 0 aliphatic carbocycles. The van der Waals surface area contributed by atoms with E-state index in [1.165, 1.54) is 0 Å². The summed E-state index contributed by atoms with van der Waals surface area (Å²) in [5.74, 6) is 0. The Labute approximate surface area is 215 Å². The summed E-state index contributed by atoms with van der Waals surface area (Å²) in [6, 6.07) is 29.4. The van der Waals surface area contributed by atoms with Gasteiger partial charge in [0.2, 0.25) is 0 Å². The lowest BCUT2D eigenvalue weighted by molar-refractivity contribution is 0.0903. The second-order valence-electron chi connectivity index (χ2n) is 9.68. The standard InChI is InChI=1S/C30H39N3O3/c34-28(25-10-4-1-5-11-25)22-31-16-18-32(23-29(35)26-12-6-2-7-13-26)20-21-33(19-17-31)24-30(36)27-14-8-3-9-15-27/h1-15,28-30,34-36H,16-24H2/t28-,29-,30+/m1/s1. The SMILES string of the molecule is O[C@H](CN1CCN(C[C@@H](O)c2ccccc2)CCN(C[C@H](O)c2ccccc2)CC1)c1ccccc1. The molecule has 0 radical (unpaired) electrons.